The van der Waals surface area contributed by atoms with E-state index in [0.29, 0.717) is 6.04 Å². The minimum atomic E-state index is 0.707. The fourth-order valence-electron chi connectivity index (χ4n) is 2.55. The summed E-state index contributed by atoms with van der Waals surface area (Å²) in [6, 6.07) is 15.0. The summed E-state index contributed by atoms with van der Waals surface area (Å²) in [5.74, 6) is 0. The van der Waals surface area contributed by atoms with Crippen LogP contribution < -0.4 is 5.32 Å². The number of hydrogen-bond acceptors (Lipinski definition) is 2. The standard InChI is InChI=1S/C17H16ClN3/c18-15-9-12(10-19-14-6-7-14)5-8-17(15)21-16-4-2-1-3-13(16)11-20-21/h1-5,8-9,11,14,19H,6-7,10H2. The number of para-hydroxylation sites is 1. The van der Waals surface area contributed by atoms with Gasteiger partial charge >= 0.3 is 0 Å². The first-order valence-electron chi connectivity index (χ1n) is 7.26. The Morgan fingerprint density at radius 1 is 1.19 bits per heavy atom. The molecule has 1 heterocycles. The third-order valence-corrected chi connectivity index (χ3v) is 4.19. The quantitative estimate of drug-likeness (QED) is 0.791. The number of benzene rings is 2. The largest absolute Gasteiger partial charge is 0.310 e. The Morgan fingerprint density at radius 2 is 2.05 bits per heavy atom. The van der Waals surface area contributed by atoms with Gasteiger partial charge in [-0.2, -0.15) is 5.10 Å². The van der Waals surface area contributed by atoms with Crippen molar-refractivity contribution in [3.63, 3.8) is 0 Å². The maximum absolute atomic E-state index is 6.46. The molecule has 0 unspecified atom stereocenters. The molecule has 21 heavy (non-hydrogen) atoms. The fourth-order valence-corrected chi connectivity index (χ4v) is 2.83. The van der Waals surface area contributed by atoms with E-state index in [0.717, 1.165) is 28.2 Å². The van der Waals surface area contributed by atoms with Crippen molar-refractivity contribution >= 4 is 22.5 Å². The van der Waals surface area contributed by atoms with E-state index in [4.69, 9.17) is 11.6 Å². The highest BCUT2D eigenvalue weighted by atomic mass is 35.5. The Bertz CT molecular complexity index is 790. The van der Waals surface area contributed by atoms with Gasteiger partial charge in [0.05, 0.1) is 22.4 Å². The Balaban J connectivity index is 1.67. The summed E-state index contributed by atoms with van der Waals surface area (Å²) in [7, 11) is 0. The predicted molar refractivity (Wildman–Crippen MR) is 85.9 cm³/mol. The van der Waals surface area contributed by atoms with Crippen LogP contribution in [0.25, 0.3) is 16.6 Å². The highest BCUT2D eigenvalue weighted by Crippen LogP contribution is 2.26. The smallest absolute Gasteiger partial charge is 0.0839 e. The Labute approximate surface area is 128 Å². The fraction of sp³-hybridized carbons (Fsp3) is 0.235. The number of fused-ring (bicyclic) bond motifs is 1. The molecular weight excluding hydrogens is 282 g/mol. The average molecular weight is 298 g/mol. The zero-order valence-electron chi connectivity index (χ0n) is 11.6. The van der Waals surface area contributed by atoms with E-state index < -0.39 is 0 Å². The maximum Gasteiger partial charge on any atom is 0.0839 e. The second-order valence-corrected chi connectivity index (χ2v) is 5.96. The van der Waals surface area contributed by atoms with E-state index in [-0.39, 0.29) is 0 Å². The molecule has 1 aromatic heterocycles. The number of aromatic nitrogens is 2. The molecule has 0 saturated heterocycles. The highest BCUT2D eigenvalue weighted by Gasteiger charge is 2.20. The van der Waals surface area contributed by atoms with Crippen LogP contribution >= 0.6 is 11.6 Å². The molecule has 106 valence electrons. The number of hydrogen-bond donors (Lipinski definition) is 1. The third kappa shape index (κ3) is 2.55. The second kappa shape index (κ2) is 5.17. The second-order valence-electron chi connectivity index (χ2n) is 5.56. The molecular formula is C17H16ClN3. The van der Waals surface area contributed by atoms with E-state index >= 15 is 0 Å². The summed E-state index contributed by atoms with van der Waals surface area (Å²) < 4.78 is 1.90. The lowest BCUT2D eigenvalue weighted by Crippen LogP contribution is -2.15. The van der Waals surface area contributed by atoms with Crippen molar-refractivity contribution in [2.45, 2.75) is 25.4 Å². The molecule has 3 aromatic rings. The Kier molecular flexibility index (Phi) is 3.17. The molecule has 1 N–H and O–H groups in total. The maximum atomic E-state index is 6.46. The van der Waals surface area contributed by atoms with Crippen LogP contribution in [0.2, 0.25) is 5.02 Å². The first kappa shape index (κ1) is 12.9. The normalized spacial score (nSPS) is 14.7. The molecule has 0 radical (unpaired) electrons. The number of rotatable bonds is 4. The topological polar surface area (TPSA) is 29.9 Å². The number of nitrogens with one attached hydrogen (secondary N) is 1. The van der Waals surface area contributed by atoms with Crippen molar-refractivity contribution in [2.24, 2.45) is 0 Å². The zero-order chi connectivity index (χ0) is 14.2. The van der Waals surface area contributed by atoms with Crippen molar-refractivity contribution in [3.05, 3.63) is 59.2 Å². The van der Waals surface area contributed by atoms with Gasteiger partial charge in [-0.05, 0) is 36.6 Å². The first-order valence-corrected chi connectivity index (χ1v) is 7.64. The van der Waals surface area contributed by atoms with Gasteiger partial charge in [0.2, 0.25) is 0 Å². The van der Waals surface area contributed by atoms with Crippen molar-refractivity contribution < 1.29 is 0 Å². The highest BCUT2D eigenvalue weighted by molar-refractivity contribution is 6.32. The van der Waals surface area contributed by atoms with Crippen molar-refractivity contribution in [1.82, 2.24) is 15.1 Å². The van der Waals surface area contributed by atoms with Gasteiger partial charge in [0.25, 0.3) is 0 Å². The van der Waals surface area contributed by atoms with Crippen LogP contribution in [0.4, 0.5) is 0 Å². The summed E-state index contributed by atoms with van der Waals surface area (Å²) in [6.45, 7) is 0.879. The zero-order valence-corrected chi connectivity index (χ0v) is 12.3. The first-order chi connectivity index (χ1) is 10.3. The van der Waals surface area contributed by atoms with E-state index in [9.17, 15) is 0 Å². The molecule has 1 aliphatic rings. The van der Waals surface area contributed by atoms with Gasteiger partial charge in [-0.25, -0.2) is 4.68 Å². The van der Waals surface area contributed by atoms with Crippen molar-refractivity contribution in [2.75, 3.05) is 0 Å². The molecule has 1 aliphatic carbocycles. The SMILES string of the molecule is Clc1cc(CNC2CC2)ccc1-n1ncc2ccccc21. The van der Waals surface area contributed by atoms with Crippen molar-refractivity contribution in [1.29, 1.82) is 0 Å². The van der Waals surface area contributed by atoms with Crippen LogP contribution in [0.15, 0.2) is 48.7 Å². The Morgan fingerprint density at radius 3 is 2.86 bits per heavy atom. The molecule has 0 aliphatic heterocycles. The van der Waals surface area contributed by atoms with Crippen LogP contribution in [0.5, 0.6) is 0 Å². The van der Waals surface area contributed by atoms with Crippen LogP contribution in [-0.4, -0.2) is 15.8 Å². The van der Waals surface area contributed by atoms with Crippen molar-refractivity contribution in [3.8, 4) is 5.69 Å². The molecule has 4 heteroatoms. The summed E-state index contributed by atoms with van der Waals surface area (Å²) in [6.07, 6.45) is 4.46. The van der Waals surface area contributed by atoms with Gasteiger partial charge in [0.1, 0.15) is 0 Å². The van der Waals surface area contributed by atoms with E-state index in [1.807, 2.05) is 35.1 Å². The van der Waals surface area contributed by atoms with Gasteiger partial charge in [-0.1, -0.05) is 35.9 Å². The minimum absolute atomic E-state index is 0.707. The number of nitrogens with zero attached hydrogens (tertiary/aromatic N) is 2. The molecule has 0 atom stereocenters. The molecule has 0 amide bonds. The monoisotopic (exact) mass is 297 g/mol. The minimum Gasteiger partial charge on any atom is -0.310 e. The average Bonchev–Trinajstić information content (AvgIpc) is 3.24. The van der Waals surface area contributed by atoms with Crippen LogP contribution in [-0.2, 0) is 6.54 Å². The lowest BCUT2D eigenvalue weighted by molar-refractivity contribution is 0.687. The molecule has 1 fully saturated rings. The van der Waals surface area contributed by atoms with E-state index in [1.165, 1.54) is 18.4 Å². The van der Waals surface area contributed by atoms with Crippen LogP contribution in [0.1, 0.15) is 18.4 Å². The lowest BCUT2D eigenvalue weighted by Gasteiger charge is -2.09. The van der Waals surface area contributed by atoms with Gasteiger partial charge in [-0.3, -0.25) is 0 Å². The predicted octanol–water partition coefficient (Wildman–Crippen LogP) is 3.93. The summed E-state index contributed by atoms with van der Waals surface area (Å²) in [5, 5.41) is 9.81. The molecule has 0 bridgehead atoms. The van der Waals surface area contributed by atoms with E-state index in [1.54, 1.807) is 0 Å². The van der Waals surface area contributed by atoms with Gasteiger partial charge < -0.3 is 5.32 Å². The third-order valence-electron chi connectivity index (χ3n) is 3.89. The van der Waals surface area contributed by atoms with E-state index in [2.05, 4.69) is 28.6 Å². The Hall–Kier alpha value is -1.84. The van der Waals surface area contributed by atoms with Gasteiger partial charge in [0.15, 0.2) is 0 Å². The van der Waals surface area contributed by atoms with Crippen LogP contribution in [0, 0.1) is 0 Å². The summed E-state index contributed by atoms with van der Waals surface area (Å²) >= 11 is 6.46. The molecule has 4 rings (SSSR count). The lowest BCUT2D eigenvalue weighted by atomic mass is 10.2. The summed E-state index contributed by atoms with van der Waals surface area (Å²) in [4.78, 5) is 0. The molecule has 1 saturated carbocycles. The molecule has 3 nitrogen and oxygen atoms in total. The molecule has 0 spiro atoms. The number of halogens is 1. The van der Waals surface area contributed by atoms with Gasteiger partial charge in [-0.15, -0.1) is 0 Å². The van der Waals surface area contributed by atoms with Gasteiger partial charge in [0, 0.05) is 18.0 Å². The van der Waals surface area contributed by atoms with Crippen LogP contribution in [0.3, 0.4) is 0 Å². The molecule has 2 aromatic carbocycles. The summed E-state index contributed by atoms with van der Waals surface area (Å²) in [5.41, 5.74) is 3.21.